The standard InChI is InChI=1S/C19H15ClF3NO2/c1-8(2)14-10-4-5-11(14)16-15(10)17(25)24(18(16)26)13-7-9(19(21,22)23)3-6-12(13)20/h3-7,10-11,15-16H,1-2H3/t10-,11-,15+,16+/m0/s1. The molecule has 0 N–H and O–H groups in total. The van der Waals surface area contributed by atoms with Crippen molar-refractivity contribution in [2.24, 2.45) is 23.7 Å². The molecule has 1 aromatic carbocycles. The molecule has 7 heteroatoms. The van der Waals surface area contributed by atoms with Crippen molar-refractivity contribution < 1.29 is 22.8 Å². The Morgan fingerprint density at radius 1 is 1.04 bits per heavy atom. The SMILES string of the molecule is CC(C)=C1[C@@H]2C=C[C@@H]1[C@H]1C(=O)N(c3cc(C(F)(F)F)ccc3Cl)C(=O)[C@@H]12. The lowest BCUT2D eigenvalue weighted by molar-refractivity contribution is -0.137. The van der Waals surface area contributed by atoms with Gasteiger partial charge in [0.05, 0.1) is 28.1 Å². The second kappa shape index (κ2) is 5.46. The van der Waals surface area contributed by atoms with E-state index in [1.807, 2.05) is 26.0 Å². The molecule has 3 nitrogen and oxygen atoms in total. The number of hydrogen-bond acceptors (Lipinski definition) is 2. The lowest BCUT2D eigenvalue weighted by Gasteiger charge is -2.21. The molecule has 3 aliphatic rings. The van der Waals surface area contributed by atoms with Crippen molar-refractivity contribution in [3.05, 3.63) is 52.1 Å². The van der Waals surface area contributed by atoms with Gasteiger partial charge < -0.3 is 0 Å². The molecule has 2 amide bonds. The van der Waals surface area contributed by atoms with Crippen LogP contribution in [0.15, 0.2) is 41.5 Å². The number of carbonyl (C=O) groups is 2. The van der Waals surface area contributed by atoms with Gasteiger partial charge in [0.25, 0.3) is 0 Å². The fourth-order valence-corrected chi connectivity index (χ4v) is 4.73. The van der Waals surface area contributed by atoms with Crippen LogP contribution >= 0.6 is 11.6 Å². The summed E-state index contributed by atoms with van der Waals surface area (Å²) >= 11 is 6.04. The molecular formula is C19H15ClF3NO2. The predicted molar refractivity (Wildman–Crippen MR) is 90.4 cm³/mol. The number of halogens is 4. The first-order chi connectivity index (χ1) is 12.1. The van der Waals surface area contributed by atoms with Gasteiger partial charge in [-0.1, -0.05) is 34.9 Å². The van der Waals surface area contributed by atoms with Crippen LogP contribution in [0.4, 0.5) is 18.9 Å². The van der Waals surface area contributed by atoms with Crippen molar-refractivity contribution in [1.82, 2.24) is 0 Å². The second-order valence-corrected chi connectivity index (χ2v) is 7.53. The number of alkyl halides is 3. The minimum Gasteiger partial charge on any atom is -0.274 e. The first kappa shape index (κ1) is 17.3. The Bertz CT molecular complexity index is 865. The highest BCUT2D eigenvalue weighted by Gasteiger charge is 2.62. The molecule has 1 saturated heterocycles. The van der Waals surface area contributed by atoms with Crippen molar-refractivity contribution in [1.29, 1.82) is 0 Å². The van der Waals surface area contributed by atoms with Crippen LogP contribution in [-0.4, -0.2) is 11.8 Å². The number of hydrogen-bond donors (Lipinski definition) is 0. The van der Waals surface area contributed by atoms with Crippen molar-refractivity contribution >= 4 is 29.1 Å². The minimum atomic E-state index is -4.59. The number of anilines is 1. The molecule has 0 spiro atoms. The smallest absolute Gasteiger partial charge is 0.274 e. The van der Waals surface area contributed by atoms with Crippen LogP contribution in [0.1, 0.15) is 19.4 Å². The average molecular weight is 382 g/mol. The number of rotatable bonds is 1. The highest BCUT2D eigenvalue weighted by atomic mass is 35.5. The van der Waals surface area contributed by atoms with Crippen LogP contribution in [0.3, 0.4) is 0 Å². The van der Waals surface area contributed by atoms with Gasteiger partial charge >= 0.3 is 6.18 Å². The van der Waals surface area contributed by atoms with Gasteiger partial charge in [-0.15, -0.1) is 0 Å². The third-order valence-electron chi connectivity index (χ3n) is 5.51. The summed E-state index contributed by atoms with van der Waals surface area (Å²) < 4.78 is 39.1. The predicted octanol–water partition coefficient (Wildman–Crippen LogP) is 4.62. The Hall–Kier alpha value is -2.08. The zero-order chi connectivity index (χ0) is 19.0. The number of nitrogens with zero attached hydrogens (tertiary/aromatic N) is 1. The van der Waals surface area contributed by atoms with E-state index in [0.717, 1.165) is 34.2 Å². The summed E-state index contributed by atoms with van der Waals surface area (Å²) in [5.41, 5.74) is 1.02. The monoisotopic (exact) mass is 381 g/mol. The molecule has 2 bridgehead atoms. The Balaban J connectivity index is 1.78. The molecule has 2 fully saturated rings. The maximum absolute atomic E-state index is 13.0. The molecule has 0 unspecified atom stereocenters. The number of allylic oxidation sites excluding steroid dienone is 4. The summed E-state index contributed by atoms with van der Waals surface area (Å²) in [5, 5.41) is -0.0533. The topological polar surface area (TPSA) is 37.4 Å². The van der Waals surface area contributed by atoms with Crippen molar-refractivity contribution in [3.8, 4) is 0 Å². The molecule has 136 valence electrons. The average Bonchev–Trinajstić information content (AvgIpc) is 3.18. The highest BCUT2D eigenvalue weighted by Crippen LogP contribution is 2.57. The molecule has 1 aliphatic heterocycles. The van der Waals surface area contributed by atoms with E-state index >= 15 is 0 Å². The largest absolute Gasteiger partial charge is 0.416 e. The van der Waals surface area contributed by atoms with Gasteiger partial charge in [-0.25, -0.2) is 4.90 Å². The maximum Gasteiger partial charge on any atom is 0.416 e. The van der Waals surface area contributed by atoms with Gasteiger partial charge in [0.1, 0.15) is 0 Å². The van der Waals surface area contributed by atoms with E-state index in [4.69, 9.17) is 11.6 Å². The van der Waals surface area contributed by atoms with Crippen LogP contribution in [0.5, 0.6) is 0 Å². The van der Waals surface area contributed by atoms with Gasteiger partial charge in [0.15, 0.2) is 0 Å². The maximum atomic E-state index is 13.0. The van der Waals surface area contributed by atoms with E-state index < -0.39 is 35.4 Å². The molecule has 26 heavy (non-hydrogen) atoms. The third-order valence-corrected chi connectivity index (χ3v) is 5.83. The van der Waals surface area contributed by atoms with E-state index in [0.29, 0.717) is 0 Å². The fraction of sp³-hybridized carbons (Fsp3) is 0.368. The fourth-order valence-electron chi connectivity index (χ4n) is 4.53. The van der Waals surface area contributed by atoms with E-state index in [1.54, 1.807) is 0 Å². The quantitative estimate of drug-likeness (QED) is 0.526. The summed E-state index contributed by atoms with van der Waals surface area (Å²) in [6, 6.07) is 2.68. The number of amides is 2. The molecule has 4 rings (SSSR count). The van der Waals surface area contributed by atoms with E-state index in [2.05, 4.69) is 0 Å². The molecule has 0 radical (unpaired) electrons. The minimum absolute atomic E-state index is 0.0533. The lowest BCUT2D eigenvalue weighted by Crippen LogP contribution is -2.33. The third kappa shape index (κ3) is 2.21. The summed E-state index contributed by atoms with van der Waals surface area (Å²) in [7, 11) is 0. The summed E-state index contributed by atoms with van der Waals surface area (Å²) in [6.45, 7) is 3.89. The van der Waals surface area contributed by atoms with Crippen LogP contribution in [0, 0.1) is 23.7 Å². The first-order valence-electron chi connectivity index (χ1n) is 8.23. The Morgan fingerprint density at radius 3 is 2.04 bits per heavy atom. The molecule has 1 heterocycles. The first-order valence-corrected chi connectivity index (χ1v) is 8.61. The van der Waals surface area contributed by atoms with Crippen LogP contribution in [0.2, 0.25) is 5.02 Å². The highest BCUT2D eigenvalue weighted by molar-refractivity contribution is 6.36. The molecule has 0 aromatic heterocycles. The zero-order valence-corrected chi connectivity index (χ0v) is 14.7. The van der Waals surface area contributed by atoms with Crippen LogP contribution in [-0.2, 0) is 15.8 Å². The Kier molecular flexibility index (Phi) is 3.64. The summed E-state index contributed by atoms with van der Waals surface area (Å²) in [4.78, 5) is 26.8. The Morgan fingerprint density at radius 2 is 1.58 bits per heavy atom. The van der Waals surface area contributed by atoms with Gasteiger partial charge in [0, 0.05) is 11.8 Å². The Labute approximate surface area is 153 Å². The van der Waals surface area contributed by atoms with Crippen molar-refractivity contribution in [2.45, 2.75) is 20.0 Å². The van der Waals surface area contributed by atoms with Gasteiger partial charge in [-0.3, -0.25) is 9.59 Å². The van der Waals surface area contributed by atoms with E-state index in [9.17, 15) is 22.8 Å². The van der Waals surface area contributed by atoms with E-state index in [1.165, 1.54) is 0 Å². The molecule has 1 aromatic rings. The normalized spacial score (nSPS) is 29.8. The molecule has 4 atom stereocenters. The van der Waals surface area contributed by atoms with Gasteiger partial charge in [0.2, 0.25) is 11.8 Å². The molecule has 2 aliphatic carbocycles. The van der Waals surface area contributed by atoms with Crippen molar-refractivity contribution in [2.75, 3.05) is 4.90 Å². The van der Waals surface area contributed by atoms with Crippen molar-refractivity contribution in [3.63, 3.8) is 0 Å². The summed E-state index contributed by atoms with van der Waals surface area (Å²) in [6.07, 6.45) is -0.732. The number of imide groups is 1. The van der Waals surface area contributed by atoms with Gasteiger partial charge in [-0.05, 0) is 32.0 Å². The number of fused-ring (bicyclic) bond motifs is 5. The van der Waals surface area contributed by atoms with Gasteiger partial charge in [-0.2, -0.15) is 13.2 Å². The van der Waals surface area contributed by atoms with Crippen LogP contribution < -0.4 is 4.90 Å². The number of benzene rings is 1. The molecule has 1 saturated carbocycles. The van der Waals surface area contributed by atoms with Crippen LogP contribution in [0.25, 0.3) is 0 Å². The molecular weight excluding hydrogens is 367 g/mol. The number of carbonyl (C=O) groups excluding carboxylic acids is 2. The lowest BCUT2D eigenvalue weighted by atomic mass is 9.85. The second-order valence-electron chi connectivity index (χ2n) is 7.12. The van der Waals surface area contributed by atoms with E-state index in [-0.39, 0.29) is 22.5 Å². The summed E-state index contributed by atoms with van der Waals surface area (Å²) in [5.74, 6) is -2.41. The zero-order valence-electron chi connectivity index (χ0n) is 14.0.